The SMILES string of the molecule is CCOCC(C)N1C(=O)C(C(C)C)NC1CC(C)C. The molecule has 3 atom stereocenters. The van der Waals surface area contributed by atoms with E-state index in [1.807, 2.05) is 11.8 Å². The molecule has 19 heavy (non-hydrogen) atoms. The molecule has 1 saturated heterocycles. The van der Waals surface area contributed by atoms with Gasteiger partial charge in [-0.15, -0.1) is 0 Å². The highest BCUT2D eigenvalue weighted by Crippen LogP contribution is 2.23. The number of amides is 1. The molecule has 1 aliphatic rings. The van der Waals surface area contributed by atoms with Crippen molar-refractivity contribution in [3.05, 3.63) is 0 Å². The van der Waals surface area contributed by atoms with Crippen LogP contribution in [0.4, 0.5) is 0 Å². The highest BCUT2D eigenvalue weighted by molar-refractivity contribution is 5.84. The van der Waals surface area contributed by atoms with Crippen LogP contribution in [0.15, 0.2) is 0 Å². The standard InChI is InChI=1S/C15H30N2O2/c1-7-19-9-12(6)17-13(8-10(2)3)16-14(11(4)5)15(17)18/h10-14,16H,7-9H2,1-6H3. The first-order valence-electron chi connectivity index (χ1n) is 7.54. The largest absolute Gasteiger partial charge is 0.380 e. The second kappa shape index (κ2) is 7.25. The average molecular weight is 270 g/mol. The summed E-state index contributed by atoms with van der Waals surface area (Å²) >= 11 is 0. The lowest BCUT2D eigenvalue weighted by Crippen LogP contribution is -2.46. The van der Waals surface area contributed by atoms with E-state index in [-0.39, 0.29) is 24.2 Å². The summed E-state index contributed by atoms with van der Waals surface area (Å²) in [5.41, 5.74) is 0. The normalized spacial score (nSPS) is 25.7. The Bertz CT molecular complexity index is 292. The predicted molar refractivity (Wildman–Crippen MR) is 77.8 cm³/mol. The molecular formula is C15H30N2O2. The van der Waals surface area contributed by atoms with Crippen LogP contribution < -0.4 is 5.32 Å². The zero-order valence-electron chi connectivity index (χ0n) is 13.3. The molecule has 0 aromatic carbocycles. The fourth-order valence-corrected chi connectivity index (χ4v) is 2.67. The lowest BCUT2D eigenvalue weighted by atomic mass is 10.0. The molecule has 1 rings (SSSR count). The van der Waals surface area contributed by atoms with Crippen molar-refractivity contribution in [2.75, 3.05) is 13.2 Å². The molecule has 4 nitrogen and oxygen atoms in total. The number of hydrogen-bond donors (Lipinski definition) is 1. The molecule has 0 aromatic rings. The Morgan fingerprint density at radius 1 is 1.26 bits per heavy atom. The van der Waals surface area contributed by atoms with Crippen molar-refractivity contribution in [1.29, 1.82) is 0 Å². The van der Waals surface area contributed by atoms with Gasteiger partial charge in [0.2, 0.25) is 5.91 Å². The molecule has 1 aliphatic heterocycles. The van der Waals surface area contributed by atoms with Crippen molar-refractivity contribution >= 4 is 5.91 Å². The summed E-state index contributed by atoms with van der Waals surface area (Å²) in [6.07, 6.45) is 1.14. The summed E-state index contributed by atoms with van der Waals surface area (Å²) in [5, 5.41) is 3.50. The average Bonchev–Trinajstić information content (AvgIpc) is 2.62. The Morgan fingerprint density at radius 3 is 2.37 bits per heavy atom. The molecule has 112 valence electrons. The number of hydrogen-bond acceptors (Lipinski definition) is 3. The minimum absolute atomic E-state index is 0.0483. The van der Waals surface area contributed by atoms with E-state index in [2.05, 4.69) is 39.9 Å². The van der Waals surface area contributed by atoms with E-state index in [0.29, 0.717) is 25.0 Å². The molecule has 0 aliphatic carbocycles. The van der Waals surface area contributed by atoms with Crippen LogP contribution >= 0.6 is 0 Å². The maximum Gasteiger partial charge on any atom is 0.241 e. The minimum atomic E-state index is -0.0483. The molecule has 0 bridgehead atoms. The van der Waals surface area contributed by atoms with E-state index in [1.165, 1.54) is 0 Å². The van der Waals surface area contributed by atoms with Gasteiger partial charge in [0.25, 0.3) is 0 Å². The van der Waals surface area contributed by atoms with Crippen molar-refractivity contribution in [3.8, 4) is 0 Å². The van der Waals surface area contributed by atoms with E-state index >= 15 is 0 Å². The first kappa shape index (κ1) is 16.4. The van der Waals surface area contributed by atoms with Gasteiger partial charge in [-0.25, -0.2) is 0 Å². The highest BCUT2D eigenvalue weighted by Gasteiger charge is 2.42. The molecule has 4 heteroatoms. The van der Waals surface area contributed by atoms with E-state index < -0.39 is 0 Å². The van der Waals surface area contributed by atoms with Gasteiger partial charge in [0, 0.05) is 6.61 Å². The fraction of sp³-hybridized carbons (Fsp3) is 0.933. The van der Waals surface area contributed by atoms with Crippen LogP contribution in [0.5, 0.6) is 0 Å². The van der Waals surface area contributed by atoms with Crippen molar-refractivity contribution in [2.24, 2.45) is 11.8 Å². The summed E-state index contributed by atoms with van der Waals surface area (Å²) in [5.74, 6) is 1.12. The van der Waals surface area contributed by atoms with Gasteiger partial charge in [-0.3, -0.25) is 10.1 Å². The monoisotopic (exact) mass is 270 g/mol. The van der Waals surface area contributed by atoms with Crippen LogP contribution in [-0.2, 0) is 9.53 Å². The van der Waals surface area contributed by atoms with Crippen molar-refractivity contribution < 1.29 is 9.53 Å². The summed E-state index contributed by atoms with van der Waals surface area (Å²) in [6, 6.07) is 0.0836. The third-order valence-electron chi connectivity index (χ3n) is 3.63. The first-order chi connectivity index (χ1) is 8.88. The van der Waals surface area contributed by atoms with Crippen LogP contribution in [0.25, 0.3) is 0 Å². The fourth-order valence-electron chi connectivity index (χ4n) is 2.67. The van der Waals surface area contributed by atoms with Crippen molar-refractivity contribution in [2.45, 2.75) is 66.2 Å². The Balaban J connectivity index is 2.78. The summed E-state index contributed by atoms with van der Waals surface area (Å²) in [6.45, 7) is 14.0. The van der Waals surface area contributed by atoms with Crippen LogP contribution in [0, 0.1) is 11.8 Å². The van der Waals surface area contributed by atoms with Gasteiger partial charge < -0.3 is 9.64 Å². The maximum atomic E-state index is 12.6. The Kier molecular flexibility index (Phi) is 6.27. The molecule has 1 heterocycles. The van der Waals surface area contributed by atoms with E-state index in [0.717, 1.165) is 6.42 Å². The summed E-state index contributed by atoms with van der Waals surface area (Å²) < 4.78 is 5.48. The number of carbonyl (C=O) groups is 1. The zero-order chi connectivity index (χ0) is 14.6. The second-order valence-electron chi connectivity index (χ2n) is 6.29. The molecule has 0 aromatic heterocycles. The molecule has 1 fully saturated rings. The van der Waals surface area contributed by atoms with Gasteiger partial charge >= 0.3 is 0 Å². The number of nitrogens with one attached hydrogen (secondary N) is 1. The molecule has 3 unspecified atom stereocenters. The molecular weight excluding hydrogens is 240 g/mol. The predicted octanol–water partition coefficient (Wildman–Crippen LogP) is 2.24. The number of nitrogens with zero attached hydrogens (tertiary/aromatic N) is 1. The van der Waals surface area contributed by atoms with Crippen LogP contribution in [0.2, 0.25) is 0 Å². The first-order valence-corrected chi connectivity index (χ1v) is 7.54. The van der Waals surface area contributed by atoms with Gasteiger partial charge in [-0.05, 0) is 32.1 Å². The maximum absolute atomic E-state index is 12.6. The van der Waals surface area contributed by atoms with Gasteiger partial charge in [0.1, 0.15) is 0 Å². The Labute approximate surface area is 117 Å². The van der Waals surface area contributed by atoms with Crippen molar-refractivity contribution in [1.82, 2.24) is 10.2 Å². The number of carbonyl (C=O) groups excluding carboxylic acids is 1. The van der Waals surface area contributed by atoms with E-state index in [4.69, 9.17) is 4.74 Å². The molecule has 0 saturated carbocycles. The third kappa shape index (κ3) is 4.18. The van der Waals surface area contributed by atoms with Gasteiger partial charge in [0.05, 0.1) is 24.9 Å². The van der Waals surface area contributed by atoms with Crippen LogP contribution in [-0.4, -0.2) is 42.3 Å². The van der Waals surface area contributed by atoms with E-state index in [1.54, 1.807) is 0 Å². The number of rotatable bonds is 7. The van der Waals surface area contributed by atoms with Gasteiger partial charge in [-0.2, -0.15) is 0 Å². The summed E-state index contributed by atoms with van der Waals surface area (Å²) in [4.78, 5) is 14.6. The minimum Gasteiger partial charge on any atom is -0.380 e. The van der Waals surface area contributed by atoms with Gasteiger partial charge in [-0.1, -0.05) is 27.7 Å². The molecule has 1 N–H and O–H groups in total. The quantitative estimate of drug-likeness (QED) is 0.771. The van der Waals surface area contributed by atoms with Crippen LogP contribution in [0.1, 0.15) is 48.0 Å². The summed E-state index contributed by atoms with van der Waals surface area (Å²) in [7, 11) is 0. The molecule has 0 radical (unpaired) electrons. The zero-order valence-corrected chi connectivity index (χ0v) is 13.3. The molecule has 0 spiro atoms. The van der Waals surface area contributed by atoms with Crippen molar-refractivity contribution in [3.63, 3.8) is 0 Å². The number of ether oxygens (including phenoxy) is 1. The van der Waals surface area contributed by atoms with E-state index in [9.17, 15) is 4.79 Å². The second-order valence-corrected chi connectivity index (χ2v) is 6.29. The third-order valence-corrected chi connectivity index (χ3v) is 3.63. The topological polar surface area (TPSA) is 41.6 Å². The highest BCUT2D eigenvalue weighted by atomic mass is 16.5. The lowest BCUT2D eigenvalue weighted by molar-refractivity contribution is -0.134. The molecule has 1 amide bonds. The smallest absolute Gasteiger partial charge is 0.241 e. The van der Waals surface area contributed by atoms with Crippen LogP contribution in [0.3, 0.4) is 0 Å². The lowest BCUT2D eigenvalue weighted by Gasteiger charge is -2.31. The Morgan fingerprint density at radius 2 is 1.89 bits per heavy atom. The van der Waals surface area contributed by atoms with Gasteiger partial charge in [0.15, 0.2) is 0 Å². The Hall–Kier alpha value is -0.610.